The van der Waals surface area contributed by atoms with Crippen molar-refractivity contribution in [3.8, 4) is 5.75 Å². The minimum Gasteiger partial charge on any atom is -0.497 e. The van der Waals surface area contributed by atoms with E-state index in [1.807, 2.05) is 0 Å². The average molecular weight is 389 g/mol. The van der Waals surface area contributed by atoms with Crippen molar-refractivity contribution in [2.24, 2.45) is 0 Å². The molecular formula is C12H11Br2N3O2. The number of methoxy groups -OCH3 is 1. The smallest absolute Gasteiger partial charge is 0.246 e. The van der Waals surface area contributed by atoms with Crippen molar-refractivity contribution in [2.45, 2.75) is 6.54 Å². The van der Waals surface area contributed by atoms with E-state index in [4.69, 9.17) is 4.74 Å². The van der Waals surface area contributed by atoms with E-state index in [-0.39, 0.29) is 12.5 Å². The highest BCUT2D eigenvalue weighted by Crippen LogP contribution is 2.17. The van der Waals surface area contributed by atoms with Crippen LogP contribution in [0.4, 0.5) is 5.69 Å². The van der Waals surface area contributed by atoms with Gasteiger partial charge in [-0.05, 0) is 56.1 Å². The van der Waals surface area contributed by atoms with E-state index in [1.165, 1.54) is 0 Å². The molecule has 0 saturated heterocycles. The van der Waals surface area contributed by atoms with Gasteiger partial charge in [-0.2, -0.15) is 5.10 Å². The molecule has 5 nitrogen and oxygen atoms in total. The Hall–Kier alpha value is -1.34. The van der Waals surface area contributed by atoms with Gasteiger partial charge < -0.3 is 10.1 Å². The molecule has 1 aromatic heterocycles. The number of nitrogens with one attached hydrogen (secondary N) is 1. The Morgan fingerprint density at radius 3 is 2.58 bits per heavy atom. The lowest BCUT2D eigenvalue weighted by atomic mass is 10.3. The van der Waals surface area contributed by atoms with Crippen LogP contribution in [0.5, 0.6) is 5.75 Å². The summed E-state index contributed by atoms with van der Waals surface area (Å²) < 4.78 is 8.03. The van der Waals surface area contributed by atoms with E-state index in [9.17, 15) is 4.79 Å². The molecule has 0 spiro atoms. The molecule has 1 N–H and O–H groups in total. The SMILES string of the molecule is COc1ccc(NC(=O)Cn2nc(Br)cc2Br)cc1. The summed E-state index contributed by atoms with van der Waals surface area (Å²) in [5, 5.41) is 6.91. The molecule has 0 aliphatic heterocycles. The van der Waals surface area contributed by atoms with Crippen LogP contribution < -0.4 is 10.1 Å². The van der Waals surface area contributed by atoms with Gasteiger partial charge in [-0.1, -0.05) is 0 Å². The number of ether oxygens (including phenoxy) is 1. The second-order valence-electron chi connectivity index (χ2n) is 3.72. The van der Waals surface area contributed by atoms with Gasteiger partial charge in [0.1, 0.15) is 21.5 Å². The van der Waals surface area contributed by atoms with E-state index < -0.39 is 0 Å². The van der Waals surface area contributed by atoms with Gasteiger partial charge in [0.25, 0.3) is 0 Å². The summed E-state index contributed by atoms with van der Waals surface area (Å²) in [5.41, 5.74) is 0.716. The third-order valence-corrected chi connectivity index (χ3v) is 3.39. The molecule has 0 bridgehead atoms. The number of rotatable bonds is 4. The second-order valence-corrected chi connectivity index (χ2v) is 5.35. The average Bonchev–Trinajstić information content (AvgIpc) is 2.68. The first-order valence-electron chi connectivity index (χ1n) is 5.41. The Balaban J connectivity index is 1.99. The van der Waals surface area contributed by atoms with E-state index >= 15 is 0 Å². The highest BCUT2D eigenvalue weighted by Gasteiger charge is 2.08. The third-order valence-electron chi connectivity index (χ3n) is 2.37. The van der Waals surface area contributed by atoms with E-state index in [0.29, 0.717) is 10.3 Å². The molecule has 0 unspecified atom stereocenters. The maximum absolute atomic E-state index is 11.9. The van der Waals surface area contributed by atoms with Gasteiger partial charge in [-0.15, -0.1) is 0 Å². The number of carbonyl (C=O) groups is 1. The van der Waals surface area contributed by atoms with Crippen molar-refractivity contribution in [1.82, 2.24) is 9.78 Å². The third kappa shape index (κ3) is 3.81. The fourth-order valence-electron chi connectivity index (χ4n) is 1.49. The minimum atomic E-state index is -0.151. The first kappa shape index (κ1) is 14.1. The summed E-state index contributed by atoms with van der Waals surface area (Å²) in [6, 6.07) is 8.92. The van der Waals surface area contributed by atoms with Crippen molar-refractivity contribution in [1.29, 1.82) is 0 Å². The molecule has 0 aliphatic carbocycles. The first-order chi connectivity index (χ1) is 9.08. The molecule has 0 saturated carbocycles. The second kappa shape index (κ2) is 6.21. The lowest BCUT2D eigenvalue weighted by Crippen LogP contribution is -2.19. The van der Waals surface area contributed by atoms with Crippen molar-refractivity contribution >= 4 is 43.5 Å². The quantitative estimate of drug-likeness (QED) is 0.875. The largest absolute Gasteiger partial charge is 0.497 e. The monoisotopic (exact) mass is 387 g/mol. The molecule has 0 aliphatic rings. The molecular weight excluding hydrogens is 378 g/mol. The van der Waals surface area contributed by atoms with Gasteiger partial charge in [0.05, 0.1) is 7.11 Å². The van der Waals surface area contributed by atoms with Crippen LogP contribution in [0.2, 0.25) is 0 Å². The van der Waals surface area contributed by atoms with E-state index in [0.717, 1.165) is 10.4 Å². The summed E-state index contributed by atoms with van der Waals surface area (Å²) >= 11 is 6.57. The molecule has 1 aromatic carbocycles. The highest BCUT2D eigenvalue weighted by molar-refractivity contribution is 9.11. The van der Waals surface area contributed by atoms with Crippen LogP contribution >= 0.6 is 31.9 Å². The predicted octanol–water partition coefficient (Wildman–Crippen LogP) is 3.06. The zero-order chi connectivity index (χ0) is 13.8. The van der Waals surface area contributed by atoms with Gasteiger partial charge in [0.15, 0.2) is 0 Å². The maximum atomic E-state index is 11.9. The lowest BCUT2D eigenvalue weighted by Gasteiger charge is -2.07. The zero-order valence-corrected chi connectivity index (χ0v) is 13.2. The Kier molecular flexibility index (Phi) is 4.60. The summed E-state index contributed by atoms with van der Waals surface area (Å²) in [7, 11) is 1.60. The van der Waals surface area contributed by atoms with Crippen LogP contribution in [0.1, 0.15) is 0 Å². The minimum absolute atomic E-state index is 0.137. The number of amides is 1. The van der Waals surface area contributed by atoms with Gasteiger partial charge in [-0.25, -0.2) is 4.68 Å². The van der Waals surface area contributed by atoms with Crippen molar-refractivity contribution in [3.05, 3.63) is 39.5 Å². The number of halogens is 2. The molecule has 2 rings (SSSR count). The van der Waals surface area contributed by atoms with Gasteiger partial charge in [-0.3, -0.25) is 4.79 Å². The summed E-state index contributed by atoms with van der Waals surface area (Å²) in [6.45, 7) is 0.137. The summed E-state index contributed by atoms with van der Waals surface area (Å²) in [5.74, 6) is 0.596. The number of aromatic nitrogens is 2. The van der Waals surface area contributed by atoms with Crippen LogP contribution in [0.25, 0.3) is 0 Å². The maximum Gasteiger partial charge on any atom is 0.246 e. The number of hydrogen-bond acceptors (Lipinski definition) is 3. The Labute approximate surface area is 127 Å². The number of anilines is 1. The van der Waals surface area contributed by atoms with Crippen LogP contribution in [0, 0.1) is 0 Å². The molecule has 19 heavy (non-hydrogen) atoms. The molecule has 1 amide bonds. The number of hydrogen-bond donors (Lipinski definition) is 1. The number of carbonyl (C=O) groups excluding carboxylic acids is 1. The zero-order valence-electron chi connectivity index (χ0n) is 10.1. The Morgan fingerprint density at radius 2 is 2.05 bits per heavy atom. The fraction of sp³-hybridized carbons (Fsp3) is 0.167. The van der Waals surface area contributed by atoms with Gasteiger partial charge in [0, 0.05) is 11.8 Å². The topological polar surface area (TPSA) is 56.1 Å². The predicted molar refractivity (Wildman–Crippen MR) is 79.3 cm³/mol. The summed E-state index contributed by atoms with van der Waals surface area (Å²) in [6.07, 6.45) is 0. The summed E-state index contributed by atoms with van der Waals surface area (Å²) in [4.78, 5) is 11.9. The number of benzene rings is 1. The van der Waals surface area contributed by atoms with Gasteiger partial charge in [0.2, 0.25) is 5.91 Å². The van der Waals surface area contributed by atoms with Gasteiger partial charge >= 0.3 is 0 Å². The van der Waals surface area contributed by atoms with Crippen LogP contribution in [-0.4, -0.2) is 22.8 Å². The Morgan fingerprint density at radius 1 is 1.37 bits per heavy atom. The van der Waals surface area contributed by atoms with Crippen LogP contribution in [0.15, 0.2) is 39.5 Å². The van der Waals surface area contributed by atoms with Crippen molar-refractivity contribution in [2.75, 3.05) is 12.4 Å². The van der Waals surface area contributed by atoms with E-state index in [1.54, 1.807) is 42.1 Å². The van der Waals surface area contributed by atoms with E-state index in [2.05, 4.69) is 42.3 Å². The lowest BCUT2D eigenvalue weighted by molar-refractivity contribution is -0.116. The molecule has 0 fully saturated rings. The van der Waals surface area contributed by atoms with Crippen molar-refractivity contribution < 1.29 is 9.53 Å². The molecule has 7 heteroatoms. The van der Waals surface area contributed by atoms with Crippen molar-refractivity contribution in [3.63, 3.8) is 0 Å². The van der Waals surface area contributed by atoms with Crippen LogP contribution in [-0.2, 0) is 11.3 Å². The number of nitrogens with zero attached hydrogens (tertiary/aromatic N) is 2. The highest BCUT2D eigenvalue weighted by atomic mass is 79.9. The molecule has 1 heterocycles. The Bertz CT molecular complexity index is 581. The molecule has 100 valence electrons. The normalized spacial score (nSPS) is 10.3. The van der Waals surface area contributed by atoms with Crippen LogP contribution in [0.3, 0.4) is 0 Å². The molecule has 2 aromatic rings. The molecule has 0 radical (unpaired) electrons. The first-order valence-corrected chi connectivity index (χ1v) is 7.00. The standard InChI is InChI=1S/C12H11Br2N3O2/c1-19-9-4-2-8(3-5-9)15-12(18)7-17-11(14)6-10(13)16-17/h2-6H,7H2,1H3,(H,15,18). The molecule has 0 atom stereocenters. The fourth-order valence-corrected chi connectivity index (χ4v) is 2.62.